The van der Waals surface area contributed by atoms with Crippen LogP contribution in [0, 0.1) is 19.8 Å². The van der Waals surface area contributed by atoms with Crippen LogP contribution in [0.2, 0.25) is 0 Å². The van der Waals surface area contributed by atoms with Crippen LogP contribution < -0.4 is 5.32 Å². The van der Waals surface area contributed by atoms with Gasteiger partial charge in [-0.2, -0.15) is 0 Å². The summed E-state index contributed by atoms with van der Waals surface area (Å²) in [5.74, 6) is 0.229. The van der Waals surface area contributed by atoms with Gasteiger partial charge in [0.05, 0.1) is 17.9 Å². The van der Waals surface area contributed by atoms with E-state index in [0.29, 0.717) is 0 Å². The Morgan fingerprint density at radius 3 is 2.67 bits per heavy atom. The summed E-state index contributed by atoms with van der Waals surface area (Å²) in [5, 5.41) is 3.06. The maximum atomic E-state index is 12.5. The normalized spacial score (nSPS) is 18.5. The quantitative estimate of drug-likeness (QED) is 0.939. The van der Waals surface area contributed by atoms with E-state index in [0.717, 1.165) is 55.2 Å². The highest BCUT2D eigenvalue weighted by atomic mass is 16.1. The minimum absolute atomic E-state index is 0.0944. The molecule has 1 amide bonds. The van der Waals surface area contributed by atoms with E-state index in [2.05, 4.69) is 33.6 Å². The molecule has 5 nitrogen and oxygen atoms in total. The summed E-state index contributed by atoms with van der Waals surface area (Å²) in [6.07, 6.45) is 3.91. The number of hydrogen-bond donors (Lipinski definition) is 1. The van der Waals surface area contributed by atoms with Gasteiger partial charge in [0.2, 0.25) is 5.91 Å². The van der Waals surface area contributed by atoms with Crippen LogP contribution in [0.3, 0.4) is 0 Å². The molecule has 2 heterocycles. The number of rotatable bonds is 4. The summed E-state index contributed by atoms with van der Waals surface area (Å²) in [5.41, 5.74) is 4.08. The topological polar surface area (TPSA) is 50.2 Å². The lowest BCUT2D eigenvalue weighted by atomic mass is 9.97. The Morgan fingerprint density at radius 2 is 2.04 bits per heavy atom. The Bertz CT molecular complexity index is 705. The number of aryl methyl sites for hydroxylation is 1. The molecule has 128 valence electrons. The molecule has 1 saturated heterocycles. The smallest absolute Gasteiger partial charge is 0.228 e. The number of amides is 1. The van der Waals surface area contributed by atoms with E-state index in [1.165, 1.54) is 0 Å². The number of carbonyl (C=O) groups excluding carboxylic acids is 1. The lowest BCUT2D eigenvalue weighted by molar-refractivity contribution is -0.121. The van der Waals surface area contributed by atoms with E-state index >= 15 is 0 Å². The second-order valence-corrected chi connectivity index (χ2v) is 6.55. The van der Waals surface area contributed by atoms with Crippen LogP contribution in [-0.2, 0) is 4.79 Å². The first-order chi connectivity index (χ1) is 11.6. The van der Waals surface area contributed by atoms with Crippen LogP contribution in [0.15, 0.2) is 30.6 Å². The standard InChI is InChI=1S/C19H26N4O/c1-4-22-11-5-6-16(12-22)19(24)21-17-7-9-18(10-8-17)23-13-20-14(2)15(23)3/h7-10,13,16H,4-6,11-12H2,1-3H3,(H,21,24). The van der Waals surface area contributed by atoms with Crippen molar-refractivity contribution in [1.29, 1.82) is 0 Å². The summed E-state index contributed by atoms with van der Waals surface area (Å²) in [6.45, 7) is 9.21. The van der Waals surface area contributed by atoms with E-state index < -0.39 is 0 Å². The number of anilines is 1. The third-order valence-electron chi connectivity index (χ3n) is 4.99. The molecule has 0 aliphatic carbocycles. The van der Waals surface area contributed by atoms with Crippen molar-refractivity contribution in [2.45, 2.75) is 33.6 Å². The second-order valence-electron chi connectivity index (χ2n) is 6.55. The minimum Gasteiger partial charge on any atom is -0.326 e. The van der Waals surface area contributed by atoms with Crippen LogP contribution >= 0.6 is 0 Å². The van der Waals surface area contributed by atoms with Crippen LogP contribution in [0.25, 0.3) is 5.69 Å². The Hall–Kier alpha value is -2.14. The van der Waals surface area contributed by atoms with Crippen molar-refractivity contribution in [1.82, 2.24) is 14.5 Å². The molecular formula is C19H26N4O. The molecule has 1 aromatic heterocycles. The van der Waals surface area contributed by atoms with Gasteiger partial charge < -0.3 is 14.8 Å². The van der Waals surface area contributed by atoms with Gasteiger partial charge in [0.15, 0.2) is 0 Å². The zero-order valence-electron chi connectivity index (χ0n) is 14.7. The molecule has 5 heteroatoms. The molecule has 0 saturated carbocycles. The maximum Gasteiger partial charge on any atom is 0.228 e. The van der Waals surface area contributed by atoms with Crippen molar-refractivity contribution in [2.75, 3.05) is 25.0 Å². The first kappa shape index (κ1) is 16.7. The summed E-state index contributed by atoms with van der Waals surface area (Å²) < 4.78 is 2.06. The van der Waals surface area contributed by atoms with Crippen molar-refractivity contribution >= 4 is 11.6 Å². The van der Waals surface area contributed by atoms with Gasteiger partial charge in [0.1, 0.15) is 0 Å². The fourth-order valence-electron chi connectivity index (χ4n) is 3.27. The van der Waals surface area contributed by atoms with Crippen molar-refractivity contribution in [3.63, 3.8) is 0 Å². The SMILES string of the molecule is CCN1CCCC(C(=O)Nc2ccc(-n3cnc(C)c3C)cc2)C1. The maximum absolute atomic E-state index is 12.5. The highest BCUT2D eigenvalue weighted by molar-refractivity contribution is 5.92. The Kier molecular flexibility index (Phi) is 5.00. The minimum atomic E-state index is 0.0944. The van der Waals surface area contributed by atoms with Gasteiger partial charge in [0.25, 0.3) is 0 Å². The summed E-state index contributed by atoms with van der Waals surface area (Å²) in [7, 11) is 0. The summed E-state index contributed by atoms with van der Waals surface area (Å²) in [4.78, 5) is 19.2. The Labute approximate surface area is 143 Å². The molecule has 0 radical (unpaired) electrons. The summed E-state index contributed by atoms with van der Waals surface area (Å²) >= 11 is 0. The van der Waals surface area contributed by atoms with Gasteiger partial charge in [-0.05, 0) is 64.0 Å². The first-order valence-corrected chi connectivity index (χ1v) is 8.72. The van der Waals surface area contributed by atoms with Crippen molar-refractivity contribution in [3.05, 3.63) is 42.0 Å². The van der Waals surface area contributed by atoms with E-state index in [1.54, 1.807) is 0 Å². The highest BCUT2D eigenvalue weighted by Crippen LogP contribution is 2.20. The fourth-order valence-corrected chi connectivity index (χ4v) is 3.27. The molecule has 1 aliphatic heterocycles. The average Bonchev–Trinajstić information content (AvgIpc) is 2.95. The van der Waals surface area contributed by atoms with Crippen LogP contribution in [0.5, 0.6) is 0 Å². The van der Waals surface area contributed by atoms with Crippen LogP contribution in [0.4, 0.5) is 5.69 Å². The van der Waals surface area contributed by atoms with E-state index in [1.807, 2.05) is 37.5 Å². The van der Waals surface area contributed by atoms with Crippen molar-refractivity contribution < 1.29 is 4.79 Å². The number of aromatic nitrogens is 2. The number of piperidine rings is 1. The van der Waals surface area contributed by atoms with Crippen LogP contribution in [0.1, 0.15) is 31.2 Å². The lowest BCUT2D eigenvalue weighted by Crippen LogP contribution is -2.40. The number of nitrogens with one attached hydrogen (secondary N) is 1. The second kappa shape index (κ2) is 7.18. The zero-order valence-corrected chi connectivity index (χ0v) is 14.7. The monoisotopic (exact) mass is 326 g/mol. The van der Waals surface area contributed by atoms with Gasteiger partial charge in [-0.15, -0.1) is 0 Å². The molecule has 0 bridgehead atoms. The van der Waals surface area contributed by atoms with Gasteiger partial charge >= 0.3 is 0 Å². The van der Waals surface area contributed by atoms with Gasteiger partial charge in [0, 0.05) is 23.6 Å². The van der Waals surface area contributed by atoms with Crippen molar-refractivity contribution in [3.8, 4) is 5.69 Å². The molecule has 1 aliphatic rings. The number of likely N-dealkylation sites (tertiary alicyclic amines) is 1. The number of carbonyl (C=O) groups is 1. The van der Waals surface area contributed by atoms with E-state index in [-0.39, 0.29) is 11.8 Å². The number of imidazole rings is 1. The number of nitrogens with zero attached hydrogens (tertiary/aromatic N) is 3. The van der Waals surface area contributed by atoms with Gasteiger partial charge in [-0.25, -0.2) is 4.98 Å². The predicted octanol–water partition coefficient (Wildman–Crippen LogP) is 3.16. The molecule has 2 aromatic rings. The number of benzene rings is 1. The van der Waals surface area contributed by atoms with E-state index in [9.17, 15) is 4.79 Å². The zero-order chi connectivity index (χ0) is 17.1. The third-order valence-corrected chi connectivity index (χ3v) is 4.99. The predicted molar refractivity (Wildman–Crippen MR) is 96.5 cm³/mol. The van der Waals surface area contributed by atoms with Gasteiger partial charge in [-0.1, -0.05) is 6.92 Å². The number of hydrogen-bond acceptors (Lipinski definition) is 3. The lowest BCUT2D eigenvalue weighted by Gasteiger charge is -2.30. The van der Waals surface area contributed by atoms with Crippen molar-refractivity contribution in [2.24, 2.45) is 5.92 Å². The molecular weight excluding hydrogens is 300 g/mol. The largest absolute Gasteiger partial charge is 0.326 e. The van der Waals surface area contributed by atoms with E-state index in [4.69, 9.17) is 0 Å². The Balaban J connectivity index is 1.66. The summed E-state index contributed by atoms with van der Waals surface area (Å²) in [6, 6.07) is 7.96. The fraction of sp³-hybridized carbons (Fsp3) is 0.474. The average molecular weight is 326 g/mol. The Morgan fingerprint density at radius 1 is 1.29 bits per heavy atom. The van der Waals surface area contributed by atoms with Crippen LogP contribution in [-0.4, -0.2) is 40.0 Å². The molecule has 1 unspecified atom stereocenters. The molecule has 1 aromatic carbocycles. The molecule has 1 N–H and O–H groups in total. The molecule has 1 fully saturated rings. The molecule has 1 atom stereocenters. The molecule has 0 spiro atoms. The molecule has 3 rings (SSSR count). The third kappa shape index (κ3) is 3.51. The first-order valence-electron chi connectivity index (χ1n) is 8.72. The van der Waals surface area contributed by atoms with Gasteiger partial charge in [-0.3, -0.25) is 4.79 Å². The molecule has 24 heavy (non-hydrogen) atoms. The highest BCUT2D eigenvalue weighted by Gasteiger charge is 2.24.